The SMILES string of the molecule is CCCCn1nc(C(=O)Nc2cccc(NC(=O)c3ccccc3)c2)ccc1=O. The summed E-state index contributed by atoms with van der Waals surface area (Å²) in [7, 11) is 0. The van der Waals surface area contributed by atoms with Crippen molar-refractivity contribution in [1.82, 2.24) is 9.78 Å². The summed E-state index contributed by atoms with van der Waals surface area (Å²) in [6.45, 7) is 2.49. The molecule has 2 N–H and O–H groups in total. The first-order valence-corrected chi connectivity index (χ1v) is 9.43. The number of aromatic nitrogens is 2. The number of carbonyl (C=O) groups is 2. The molecule has 0 aliphatic heterocycles. The van der Waals surface area contributed by atoms with Gasteiger partial charge in [0.25, 0.3) is 17.4 Å². The summed E-state index contributed by atoms with van der Waals surface area (Å²) < 4.78 is 1.30. The first kappa shape index (κ1) is 20.0. The zero-order valence-corrected chi connectivity index (χ0v) is 16.1. The Labute approximate surface area is 168 Å². The lowest BCUT2D eigenvalue weighted by atomic mass is 10.2. The second-order valence-corrected chi connectivity index (χ2v) is 6.49. The quantitative estimate of drug-likeness (QED) is 0.645. The second-order valence-electron chi connectivity index (χ2n) is 6.49. The second kappa shape index (κ2) is 9.45. The highest BCUT2D eigenvalue weighted by Crippen LogP contribution is 2.17. The molecular formula is C22H22N4O3. The number of hydrogen-bond donors (Lipinski definition) is 2. The van der Waals surface area contributed by atoms with Crippen molar-refractivity contribution in [2.45, 2.75) is 26.3 Å². The Morgan fingerprint density at radius 1 is 0.897 bits per heavy atom. The van der Waals surface area contributed by atoms with Gasteiger partial charge < -0.3 is 10.6 Å². The fourth-order valence-corrected chi connectivity index (χ4v) is 2.70. The molecule has 0 unspecified atom stereocenters. The molecule has 2 amide bonds. The van der Waals surface area contributed by atoms with Gasteiger partial charge in [0.2, 0.25) is 0 Å². The highest BCUT2D eigenvalue weighted by Gasteiger charge is 2.11. The Morgan fingerprint density at radius 2 is 1.59 bits per heavy atom. The highest BCUT2D eigenvalue weighted by atomic mass is 16.2. The van der Waals surface area contributed by atoms with Gasteiger partial charge in [0.15, 0.2) is 0 Å². The van der Waals surface area contributed by atoms with Crippen LogP contribution in [-0.4, -0.2) is 21.6 Å². The number of aryl methyl sites for hydroxylation is 1. The van der Waals surface area contributed by atoms with Crippen molar-refractivity contribution in [1.29, 1.82) is 0 Å². The van der Waals surface area contributed by atoms with Crippen LogP contribution in [0.5, 0.6) is 0 Å². The molecule has 7 heteroatoms. The molecule has 1 heterocycles. The number of unbranched alkanes of at least 4 members (excludes halogenated alkanes) is 1. The lowest BCUT2D eigenvalue weighted by Crippen LogP contribution is -2.26. The van der Waals surface area contributed by atoms with Crippen molar-refractivity contribution >= 4 is 23.2 Å². The smallest absolute Gasteiger partial charge is 0.276 e. The van der Waals surface area contributed by atoms with Crippen molar-refractivity contribution in [3.63, 3.8) is 0 Å². The number of rotatable bonds is 7. The zero-order valence-electron chi connectivity index (χ0n) is 16.1. The Hall–Kier alpha value is -3.74. The van der Waals surface area contributed by atoms with Crippen LogP contribution < -0.4 is 16.2 Å². The Balaban J connectivity index is 1.71. The minimum atomic E-state index is -0.429. The molecule has 3 aromatic rings. The van der Waals surface area contributed by atoms with E-state index in [1.54, 1.807) is 48.5 Å². The third kappa shape index (κ3) is 5.38. The van der Waals surface area contributed by atoms with Gasteiger partial charge in [-0.15, -0.1) is 0 Å². The van der Waals surface area contributed by atoms with E-state index >= 15 is 0 Å². The van der Waals surface area contributed by atoms with E-state index in [1.807, 2.05) is 13.0 Å². The molecule has 7 nitrogen and oxygen atoms in total. The fourth-order valence-electron chi connectivity index (χ4n) is 2.70. The maximum atomic E-state index is 12.5. The Morgan fingerprint density at radius 3 is 2.28 bits per heavy atom. The largest absolute Gasteiger partial charge is 0.322 e. The summed E-state index contributed by atoms with van der Waals surface area (Å²) in [5.74, 6) is -0.666. The van der Waals surface area contributed by atoms with Crippen LogP contribution in [-0.2, 0) is 6.54 Å². The van der Waals surface area contributed by atoms with Crippen LogP contribution in [0.25, 0.3) is 0 Å². The molecular weight excluding hydrogens is 368 g/mol. The van der Waals surface area contributed by atoms with Gasteiger partial charge >= 0.3 is 0 Å². The topological polar surface area (TPSA) is 93.1 Å². The van der Waals surface area contributed by atoms with Crippen LogP contribution in [0, 0.1) is 0 Å². The number of nitrogens with one attached hydrogen (secondary N) is 2. The summed E-state index contributed by atoms with van der Waals surface area (Å²) >= 11 is 0. The third-order valence-electron chi connectivity index (χ3n) is 4.24. The summed E-state index contributed by atoms with van der Waals surface area (Å²) in [6, 6.07) is 18.4. The molecule has 148 valence electrons. The molecule has 0 fully saturated rings. The molecule has 0 spiro atoms. The van der Waals surface area contributed by atoms with E-state index in [9.17, 15) is 14.4 Å². The predicted octanol–water partition coefficient (Wildman–Crippen LogP) is 3.55. The van der Waals surface area contributed by atoms with Crippen LogP contribution in [0.2, 0.25) is 0 Å². The van der Waals surface area contributed by atoms with Gasteiger partial charge in [0.1, 0.15) is 5.69 Å². The number of amides is 2. The van der Waals surface area contributed by atoms with E-state index in [0.717, 1.165) is 12.8 Å². The van der Waals surface area contributed by atoms with Crippen LogP contribution in [0.1, 0.15) is 40.6 Å². The first-order chi connectivity index (χ1) is 14.1. The third-order valence-corrected chi connectivity index (χ3v) is 4.24. The van der Waals surface area contributed by atoms with E-state index in [1.165, 1.54) is 16.8 Å². The number of carbonyl (C=O) groups excluding carboxylic acids is 2. The average molecular weight is 390 g/mol. The van der Waals surface area contributed by atoms with Crippen molar-refractivity contribution in [2.75, 3.05) is 10.6 Å². The number of nitrogens with zero attached hydrogens (tertiary/aromatic N) is 2. The molecule has 3 rings (SSSR count). The standard InChI is InChI=1S/C22H22N4O3/c1-2-3-14-26-20(27)13-12-19(25-26)22(29)24-18-11-7-10-17(15-18)23-21(28)16-8-5-4-6-9-16/h4-13,15H,2-3,14H2,1H3,(H,23,28)(H,24,29). The van der Waals surface area contributed by atoms with Crippen molar-refractivity contribution in [3.8, 4) is 0 Å². The molecule has 2 aromatic carbocycles. The minimum absolute atomic E-state index is 0.152. The van der Waals surface area contributed by atoms with Crippen LogP contribution in [0.3, 0.4) is 0 Å². The maximum absolute atomic E-state index is 12.5. The molecule has 0 bridgehead atoms. The van der Waals surface area contributed by atoms with Crippen molar-refractivity contribution < 1.29 is 9.59 Å². The summed E-state index contributed by atoms with van der Waals surface area (Å²) in [6.07, 6.45) is 1.73. The van der Waals surface area contributed by atoms with Crippen LogP contribution in [0.4, 0.5) is 11.4 Å². The van der Waals surface area contributed by atoms with E-state index in [0.29, 0.717) is 23.5 Å². The summed E-state index contributed by atoms with van der Waals surface area (Å²) in [5.41, 5.74) is 1.52. The number of anilines is 2. The molecule has 0 saturated heterocycles. The molecule has 29 heavy (non-hydrogen) atoms. The van der Waals surface area contributed by atoms with Crippen LogP contribution in [0.15, 0.2) is 71.5 Å². The molecule has 1 aromatic heterocycles. The Bertz CT molecular complexity index is 1060. The highest BCUT2D eigenvalue weighted by molar-refractivity contribution is 6.05. The monoisotopic (exact) mass is 390 g/mol. The van der Waals surface area contributed by atoms with Crippen molar-refractivity contribution in [3.05, 3.63) is 88.3 Å². The van der Waals surface area contributed by atoms with Gasteiger partial charge in [-0.25, -0.2) is 4.68 Å². The fraction of sp³-hybridized carbons (Fsp3) is 0.182. The van der Waals surface area contributed by atoms with Crippen molar-refractivity contribution in [2.24, 2.45) is 0 Å². The van der Waals surface area contributed by atoms with Gasteiger partial charge in [-0.3, -0.25) is 14.4 Å². The van der Waals surface area contributed by atoms with Crippen LogP contribution >= 0.6 is 0 Å². The average Bonchev–Trinajstić information content (AvgIpc) is 2.74. The number of hydrogen-bond acceptors (Lipinski definition) is 4. The van der Waals surface area contributed by atoms with E-state index in [4.69, 9.17) is 0 Å². The van der Waals surface area contributed by atoms with E-state index < -0.39 is 5.91 Å². The molecule has 0 radical (unpaired) electrons. The lowest BCUT2D eigenvalue weighted by Gasteiger charge is -2.10. The number of benzene rings is 2. The van der Waals surface area contributed by atoms with Gasteiger partial charge in [-0.2, -0.15) is 5.10 Å². The maximum Gasteiger partial charge on any atom is 0.276 e. The molecule has 0 saturated carbocycles. The zero-order chi connectivity index (χ0) is 20.6. The molecule has 0 atom stereocenters. The summed E-state index contributed by atoms with van der Waals surface area (Å²) in [5, 5.41) is 9.69. The normalized spacial score (nSPS) is 10.4. The van der Waals surface area contributed by atoms with Gasteiger partial charge in [-0.05, 0) is 42.8 Å². The molecule has 0 aliphatic rings. The molecule has 0 aliphatic carbocycles. The minimum Gasteiger partial charge on any atom is -0.322 e. The van der Waals surface area contributed by atoms with Gasteiger partial charge in [-0.1, -0.05) is 37.6 Å². The predicted molar refractivity (Wildman–Crippen MR) is 112 cm³/mol. The van der Waals surface area contributed by atoms with E-state index in [-0.39, 0.29) is 17.2 Å². The Kier molecular flexibility index (Phi) is 6.52. The van der Waals surface area contributed by atoms with Gasteiger partial charge in [0.05, 0.1) is 0 Å². The van der Waals surface area contributed by atoms with Gasteiger partial charge in [0, 0.05) is 29.5 Å². The summed E-state index contributed by atoms with van der Waals surface area (Å²) in [4.78, 5) is 36.7. The lowest BCUT2D eigenvalue weighted by molar-refractivity contribution is 0.101. The first-order valence-electron chi connectivity index (χ1n) is 9.43. The van der Waals surface area contributed by atoms with E-state index in [2.05, 4.69) is 15.7 Å².